The van der Waals surface area contributed by atoms with Crippen molar-refractivity contribution in [2.24, 2.45) is 0 Å². The van der Waals surface area contributed by atoms with Gasteiger partial charge in [-0.3, -0.25) is 0 Å². The van der Waals surface area contributed by atoms with Crippen LogP contribution in [0.2, 0.25) is 0 Å². The Morgan fingerprint density at radius 3 is 2.75 bits per heavy atom. The highest BCUT2D eigenvalue weighted by molar-refractivity contribution is 5.35. The molecule has 0 saturated heterocycles. The van der Waals surface area contributed by atoms with Gasteiger partial charge in [0.25, 0.3) is 0 Å². The zero-order valence-electron chi connectivity index (χ0n) is 11.6. The van der Waals surface area contributed by atoms with Crippen molar-refractivity contribution in [3.05, 3.63) is 59.5 Å². The average Bonchev–Trinajstić information content (AvgIpc) is 2.48. The first kappa shape index (κ1) is 14.5. The minimum atomic E-state index is -0.237. The van der Waals surface area contributed by atoms with E-state index in [1.165, 1.54) is 6.07 Å². The van der Waals surface area contributed by atoms with Crippen molar-refractivity contribution in [3.63, 3.8) is 0 Å². The van der Waals surface area contributed by atoms with Gasteiger partial charge in [-0.2, -0.15) is 0 Å². The normalized spacial score (nSPS) is 10.5. The van der Waals surface area contributed by atoms with Crippen LogP contribution in [-0.2, 0) is 18.0 Å². The summed E-state index contributed by atoms with van der Waals surface area (Å²) >= 11 is 0. The average molecular weight is 274 g/mol. The molecule has 106 valence electrons. The van der Waals surface area contributed by atoms with E-state index in [0.29, 0.717) is 12.2 Å². The Morgan fingerprint density at radius 2 is 1.95 bits per heavy atom. The van der Waals surface area contributed by atoms with Gasteiger partial charge in [0, 0.05) is 12.1 Å². The number of ether oxygens (including phenoxy) is 1. The van der Waals surface area contributed by atoms with E-state index in [1.807, 2.05) is 18.2 Å². The molecule has 0 spiro atoms. The van der Waals surface area contributed by atoms with E-state index in [4.69, 9.17) is 4.74 Å². The first-order chi connectivity index (χ1) is 9.79. The number of hydrogen-bond donors (Lipinski definition) is 1. The molecule has 20 heavy (non-hydrogen) atoms. The van der Waals surface area contributed by atoms with Crippen LogP contribution in [0.4, 0.5) is 10.2 Å². The lowest BCUT2D eigenvalue weighted by molar-refractivity contribution is 0.102. The summed E-state index contributed by atoms with van der Waals surface area (Å²) in [5.74, 6) is 0.609. The minimum absolute atomic E-state index is 0.237. The minimum Gasteiger partial charge on any atom is -0.370 e. The van der Waals surface area contributed by atoms with Crippen molar-refractivity contribution in [1.29, 1.82) is 0 Å². The van der Waals surface area contributed by atoms with Crippen LogP contribution in [0.3, 0.4) is 0 Å². The van der Waals surface area contributed by atoms with Crippen LogP contribution in [0.15, 0.2) is 42.5 Å². The summed E-state index contributed by atoms with van der Waals surface area (Å²) in [6.45, 7) is 3.62. The lowest BCUT2D eigenvalue weighted by Gasteiger charge is -2.07. The molecule has 0 aliphatic heterocycles. The van der Waals surface area contributed by atoms with Crippen LogP contribution in [0.5, 0.6) is 0 Å². The van der Waals surface area contributed by atoms with Crippen molar-refractivity contribution >= 4 is 5.82 Å². The standard InChI is InChI=1S/C16H19FN2O/c1-2-10-18-16-9-5-7-14(19-16)12-20-11-13-6-3-4-8-15(13)17/h3-9H,2,10-12H2,1H3,(H,18,19). The van der Waals surface area contributed by atoms with E-state index in [9.17, 15) is 4.39 Å². The second-order valence-corrected chi connectivity index (χ2v) is 4.53. The predicted octanol–water partition coefficient (Wildman–Crippen LogP) is 3.76. The number of nitrogens with zero attached hydrogens (tertiary/aromatic N) is 1. The van der Waals surface area contributed by atoms with E-state index in [0.717, 1.165) is 24.5 Å². The molecule has 0 aliphatic rings. The molecule has 4 heteroatoms. The Kier molecular flexibility index (Phi) is 5.50. The lowest BCUT2D eigenvalue weighted by atomic mass is 10.2. The van der Waals surface area contributed by atoms with Crippen LogP contribution in [0, 0.1) is 5.82 Å². The summed E-state index contributed by atoms with van der Waals surface area (Å²) in [7, 11) is 0. The Balaban J connectivity index is 1.86. The smallest absolute Gasteiger partial charge is 0.128 e. The Labute approximate surface area is 118 Å². The first-order valence-electron chi connectivity index (χ1n) is 6.80. The van der Waals surface area contributed by atoms with E-state index in [-0.39, 0.29) is 12.4 Å². The van der Waals surface area contributed by atoms with Crippen LogP contribution < -0.4 is 5.32 Å². The maximum absolute atomic E-state index is 13.4. The lowest BCUT2D eigenvalue weighted by Crippen LogP contribution is -2.04. The molecular formula is C16H19FN2O. The Hall–Kier alpha value is -1.94. The van der Waals surface area contributed by atoms with Gasteiger partial charge in [0.2, 0.25) is 0 Å². The molecule has 2 aromatic rings. The number of pyridine rings is 1. The SMILES string of the molecule is CCCNc1cccc(COCc2ccccc2F)n1. The highest BCUT2D eigenvalue weighted by atomic mass is 19.1. The van der Waals surface area contributed by atoms with Crippen LogP contribution in [-0.4, -0.2) is 11.5 Å². The zero-order chi connectivity index (χ0) is 14.2. The number of halogens is 1. The van der Waals surface area contributed by atoms with Crippen molar-refractivity contribution in [2.75, 3.05) is 11.9 Å². The Bertz CT molecular complexity index is 546. The summed E-state index contributed by atoms with van der Waals surface area (Å²) < 4.78 is 18.9. The molecule has 3 nitrogen and oxygen atoms in total. The highest BCUT2D eigenvalue weighted by Crippen LogP contribution is 2.10. The van der Waals surface area contributed by atoms with E-state index >= 15 is 0 Å². The summed E-state index contributed by atoms with van der Waals surface area (Å²) in [6, 6.07) is 12.4. The fourth-order valence-corrected chi connectivity index (χ4v) is 1.79. The number of benzene rings is 1. The van der Waals surface area contributed by atoms with Gasteiger partial charge in [-0.15, -0.1) is 0 Å². The third kappa shape index (κ3) is 4.31. The molecule has 0 fully saturated rings. The largest absolute Gasteiger partial charge is 0.370 e. The molecule has 0 unspecified atom stereocenters. The summed E-state index contributed by atoms with van der Waals surface area (Å²) in [4.78, 5) is 4.43. The van der Waals surface area contributed by atoms with Crippen LogP contribution >= 0.6 is 0 Å². The molecule has 0 radical (unpaired) electrons. The molecule has 0 amide bonds. The molecule has 1 aromatic carbocycles. The van der Waals surface area contributed by atoms with Crippen LogP contribution in [0.25, 0.3) is 0 Å². The van der Waals surface area contributed by atoms with E-state index in [1.54, 1.807) is 18.2 Å². The third-order valence-corrected chi connectivity index (χ3v) is 2.83. The second-order valence-electron chi connectivity index (χ2n) is 4.53. The summed E-state index contributed by atoms with van der Waals surface area (Å²) in [5, 5.41) is 3.23. The molecule has 0 aliphatic carbocycles. The summed E-state index contributed by atoms with van der Waals surface area (Å²) in [5.41, 5.74) is 1.40. The van der Waals surface area contributed by atoms with Gasteiger partial charge < -0.3 is 10.1 Å². The maximum Gasteiger partial charge on any atom is 0.128 e. The molecule has 0 bridgehead atoms. The topological polar surface area (TPSA) is 34.1 Å². The van der Waals surface area contributed by atoms with Gasteiger partial charge in [-0.25, -0.2) is 9.37 Å². The van der Waals surface area contributed by atoms with Crippen molar-refractivity contribution < 1.29 is 9.13 Å². The molecule has 1 heterocycles. The number of anilines is 1. The summed E-state index contributed by atoms with van der Waals surface area (Å²) in [6.07, 6.45) is 1.05. The molecule has 1 N–H and O–H groups in total. The number of aromatic nitrogens is 1. The molecule has 0 saturated carbocycles. The van der Waals surface area contributed by atoms with Gasteiger partial charge in [0.05, 0.1) is 18.9 Å². The number of hydrogen-bond acceptors (Lipinski definition) is 3. The number of rotatable bonds is 7. The molecule has 1 aromatic heterocycles. The van der Waals surface area contributed by atoms with E-state index in [2.05, 4.69) is 17.2 Å². The monoisotopic (exact) mass is 274 g/mol. The fraction of sp³-hybridized carbons (Fsp3) is 0.312. The van der Waals surface area contributed by atoms with Gasteiger partial charge in [-0.1, -0.05) is 31.2 Å². The molecular weight excluding hydrogens is 255 g/mol. The highest BCUT2D eigenvalue weighted by Gasteiger charge is 2.02. The van der Waals surface area contributed by atoms with Crippen molar-refractivity contribution in [2.45, 2.75) is 26.6 Å². The maximum atomic E-state index is 13.4. The molecule has 2 rings (SSSR count). The zero-order valence-corrected chi connectivity index (χ0v) is 11.6. The number of nitrogens with one attached hydrogen (secondary N) is 1. The van der Waals surface area contributed by atoms with E-state index < -0.39 is 0 Å². The fourth-order valence-electron chi connectivity index (χ4n) is 1.79. The first-order valence-corrected chi connectivity index (χ1v) is 6.80. The van der Waals surface area contributed by atoms with Crippen LogP contribution in [0.1, 0.15) is 24.6 Å². The van der Waals surface area contributed by atoms with Crippen molar-refractivity contribution in [3.8, 4) is 0 Å². The Morgan fingerprint density at radius 1 is 1.10 bits per heavy atom. The second kappa shape index (κ2) is 7.60. The quantitative estimate of drug-likeness (QED) is 0.834. The molecule has 0 atom stereocenters. The van der Waals surface area contributed by atoms with Gasteiger partial charge >= 0.3 is 0 Å². The predicted molar refractivity (Wildman–Crippen MR) is 77.9 cm³/mol. The van der Waals surface area contributed by atoms with Gasteiger partial charge in [0.15, 0.2) is 0 Å². The third-order valence-electron chi connectivity index (χ3n) is 2.83. The van der Waals surface area contributed by atoms with Gasteiger partial charge in [0.1, 0.15) is 11.6 Å². The van der Waals surface area contributed by atoms with Crippen molar-refractivity contribution in [1.82, 2.24) is 4.98 Å². The van der Waals surface area contributed by atoms with Gasteiger partial charge in [-0.05, 0) is 24.6 Å².